The first-order chi connectivity index (χ1) is 8.59. The maximum atomic E-state index is 11.9. The van der Waals surface area contributed by atoms with Crippen LogP contribution in [0.2, 0.25) is 0 Å². The quantitative estimate of drug-likeness (QED) is 0.752. The summed E-state index contributed by atoms with van der Waals surface area (Å²) in [4.78, 5) is 26.5. The highest BCUT2D eigenvalue weighted by atomic mass is 16.6. The molecule has 0 saturated carbocycles. The molecule has 0 N–H and O–H groups in total. The number of rotatable bonds is 1. The van der Waals surface area contributed by atoms with Crippen molar-refractivity contribution in [1.29, 1.82) is 0 Å². The molecule has 1 saturated heterocycles. The van der Waals surface area contributed by atoms with Crippen molar-refractivity contribution in [2.24, 2.45) is 0 Å². The van der Waals surface area contributed by atoms with Crippen LogP contribution in [0.3, 0.4) is 0 Å². The lowest BCUT2D eigenvalue weighted by Gasteiger charge is -2.25. The second-order valence-corrected chi connectivity index (χ2v) is 4.67. The van der Waals surface area contributed by atoms with Crippen molar-refractivity contribution >= 4 is 17.7 Å². The number of hydrogen-bond acceptors (Lipinski definition) is 3. The van der Waals surface area contributed by atoms with Crippen molar-refractivity contribution < 1.29 is 14.3 Å². The van der Waals surface area contributed by atoms with Crippen LogP contribution in [0, 0.1) is 0 Å². The first kappa shape index (κ1) is 11.1. The summed E-state index contributed by atoms with van der Waals surface area (Å²) < 4.78 is 5.30. The Morgan fingerprint density at radius 2 is 2.17 bits per heavy atom. The predicted octanol–water partition coefficient (Wildman–Crippen LogP) is 1.37. The smallest absolute Gasteiger partial charge is 0.416 e. The third-order valence-electron chi connectivity index (χ3n) is 3.64. The van der Waals surface area contributed by atoms with Crippen molar-refractivity contribution in [1.82, 2.24) is 4.90 Å². The molecule has 0 bridgehead atoms. The number of anilines is 1. The van der Waals surface area contributed by atoms with E-state index < -0.39 is 6.23 Å². The average Bonchev–Trinajstić information content (AvgIpc) is 2.86. The van der Waals surface area contributed by atoms with Gasteiger partial charge in [0.05, 0.1) is 5.69 Å². The Morgan fingerprint density at radius 3 is 2.89 bits per heavy atom. The molecule has 3 rings (SSSR count). The molecular weight excluding hydrogens is 232 g/mol. The molecule has 5 heteroatoms. The molecule has 18 heavy (non-hydrogen) atoms. The standard InChI is InChI=1S/C13H14N2O3/c1-8(16)14(2)12-11-7-9-5-3-4-6-10(9)15(11)13(17)18-12/h3-6,11-12H,7H2,1-2H3. The van der Waals surface area contributed by atoms with Gasteiger partial charge in [-0.25, -0.2) is 4.79 Å². The van der Waals surface area contributed by atoms with Gasteiger partial charge in [0.1, 0.15) is 6.04 Å². The Labute approximate surface area is 105 Å². The van der Waals surface area contributed by atoms with E-state index in [0.717, 1.165) is 17.7 Å². The van der Waals surface area contributed by atoms with Crippen molar-refractivity contribution in [2.45, 2.75) is 25.6 Å². The molecule has 2 atom stereocenters. The number of nitrogens with zero attached hydrogens (tertiary/aromatic N) is 2. The molecule has 0 radical (unpaired) electrons. The van der Waals surface area contributed by atoms with E-state index >= 15 is 0 Å². The Bertz CT molecular complexity index is 529. The van der Waals surface area contributed by atoms with E-state index in [9.17, 15) is 9.59 Å². The van der Waals surface area contributed by atoms with Crippen LogP contribution in [-0.4, -0.2) is 36.2 Å². The lowest BCUT2D eigenvalue weighted by atomic mass is 10.1. The first-order valence-corrected chi connectivity index (χ1v) is 5.90. The van der Waals surface area contributed by atoms with E-state index in [1.807, 2.05) is 24.3 Å². The number of benzene rings is 1. The molecule has 2 amide bonds. The minimum absolute atomic E-state index is 0.106. The number of carbonyl (C=O) groups is 2. The first-order valence-electron chi connectivity index (χ1n) is 5.90. The number of fused-ring (bicyclic) bond motifs is 3. The number of amides is 2. The van der Waals surface area contributed by atoms with Crippen LogP contribution in [0.15, 0.2) is 24.3 Å². The fourth-order valence-electron chi connectivity index (χ4n) is 2.63. The third-order valence-corrected chi connectivity index (χ3v) is 3.64. The largest absolute Gasteiger partial charge is 0.423 e. The number of ether oxygens (including phenoxy) is 1. The maximum absolute atomic E-state index is 11.9. The summed E-state index contributed by atoms with van der Waals surface area (Å²) in [7, 11) is 1.66. The Balaban J connectivity index is 1.96. The van der Waals surface area contributed by atoms with E-state index in [2.05, 4.69) is 0 Å². The molecule has 2 aliphatic rings. The average molecular weight is 246 g/mol. The van der Waals surface area contributed by atoms with Crippen molar-refractivity contribution in [2.75, 3.05) is 11.9 Å². The van der Waals surface area contributed by atoms with E-state index in [0.29, 0.717) is 0 Å². The Kier molecular flexibility index (Phi) is 2.29. The summed E-state index contributed by atoms with van der Waals surface area (Å²) in [5.41, 5.74) is 2.02. The van der Waals surface area contributed by atoms with E-state index in [1.54, 1.807) is 11.9 Å². The van der Waals surface area contributed by atoms with Crippen LogP contribution in [0.1, 0.15) is 12.5 Å². The van der Waals surface area contributed by atoms with Crippen LogP contribution in [0.4, 0.5) is 10.5 Å². The fourth-order valence-corrected chi connectivity index (χ4v) is 2.63. The molecule has 2 aliphatic heterocycles. The van der Waals surface area contributed by atoms with Gasteiger partial charge >= 0.3 is 6.09 Å². The lowest BCUT2D eigenvalue weighted by Crippen LogP contribution is -2.45. The van der Waals surface area contributed by atoms with Gasteiger partial charge < -0.3 is 9.64 Å². The highest BCUT2D eigenvalue weighted by Crippen LogP contribution is 2.39. The number of para-hydroxylation sites is 1. The number of likely N-dealkylation sites (N-methyl/N-ethyl adjacent to an activating group) is 1. The highest BCUT2D eigenvalue weighted by molar-refractivity contribution is 5.94. The Morgan fingerprint density at radius 1 is 1.44 bits per heavy atom. The van der Waals surface area contributed by atoms with Gasteiger partial charge in [0.25, 0.3) is 0 Å². The van der Waals surface area contributed by atoms with Gasteiger partial charge in [-0.05, 0) is 11.6 Å². The molecule has 2 unspecified atom stereocenters. The van der Waals surface area contributed by atoms with Gasteiger partial charge in [0, 0.05) is 20.4 Å². The molecule has 0 aliphatic carbocycles. The molecule has 1 fully saturated rings. The molecule has 5 nitrogen and oxygen atoms in total. The molecule has 1 aromatic carbocycles. The summed E-state index contributed by atoms with van der Waals surface area (Å²) in [5.74, 6) is -0.106. The fraction of sp³-hybridized carbons (Fsp3) is 0.385. The zero-order valence-corrected chi connectivity index (χ0v) is 10.3. The van der Waals surface area contributed by atoms with E-state index in [1.165, 1.54) is 11.8 Å². The zero-order valence-electron chi connectivity index (χ0n) is 10.3. The normalized spacial score (nSPS) is 24.6. The van der Waals surface area contributed by atoms with Crippen LogP contribution >= 0.6 is 0 Å². The zero-order chi connectivity index (χ0) is 12.9. The van der Waals surface area contributed by atoms with Crippen LogP contribution in [0.25, 0.3) is 0 Å². The topological polar surface area (TPSA) is 49.9 Å². The summed E-state index contributed by atoms with van der Waals surface area (Å²) in [6.45, 7) is 1.47. The monoisotopic (exact) mass is 246 g/mol. The van der Waals surface area contributed by atoms with Gasteiger partial charge in [0.2, 0.25) is 12.1 Å². The third kappa shape index (κ3) is 1.40. The summed E-state index contributed by atoms with van der Waals surface area (Å²) >= 11 is 0. The van der Waals surface area contributed by atoms with Crippen LogP contribution in [0.5, 0.6) is 0 Å². The molecular formula is C13H14N2O3. The van der Waals surface area contributed by atoms with Crippen LogP contribution in [-0.2, 0) is 16.0 Å². The summed E-state index contributed by atoms with van der Waals surface area (Å²) in [6.07, 6.45) is -0.144. The van der Waals surface area contributed by atoms with Gasteiger partial charge in [-0.2, -0.15) is 0 Å². The highest BCUT2D eigenvalue weighted by Gasteiger charge is 2.49. The molecule has 0 spiro atoms. The summed E-state index contributed by atoms with van der Waals surface area (Å²) in [6, 6.07) is 7.66. The van der Waals surface area contributed by atoms with Crippen LogP contribution < -0.4 is 4.90 Å². The molecule has 2 heterocycles. The second kappa shape index (κ2) is 3.73. The van der Waals surface area contributed by atoms with Gasteiger partial charge in [0.15, 0.2) is 0 Å². The number of carbonyl (C=O) groups excluding carboxylic acids is 2. The molecule has 1 aromatic rings. The molecule has 94 valence electrons. The number of hydrogen-bond donors (Lipinski definition) is 0. The summed E-state index contributed by atoms with van der Waals surface area (Å²) in [5, 5.41) is 0. The van der Waals surface area contributed by atoms with E-state index in [-0.39, 0.29) is 18.0 Å². The predicted molar refractivity (Wildman–Crippen MR) is 65.1 cm³/mol. The maximum Gasteiger partial charge on any atom is 0.416 e. The minimum Gasteiger partial charge on any atom is -0.423 e. The molecule has 0 aromatic heterocycles. The second-order valence-electron chi connectivity index (χ2n) is 4.67. The minimum atomic E-state index is -0.498. The van der Waals surface area contributed by atoms with Crippen molar-refractivity contribution in [3.05, 3.63) is 29.8 Å². The number of cyclic esters (lactones) is 1. The van der Waals surface area contributed by atoms with Gasteiger partial charge in [-0.15, -0.1) is 0 Å². The lowest BCUT2D eigenvalue weighted by molar-refractivity contribution is -0.135. The SMILES string of the molecule is CC(=O)N(C)C1OC(=O)N2c3ccccc3CC12. The van der Waals surface area contributed by atoms with Crippen molar-refractivity contribution in [3.63, 3.8) is 0 Å². The van der Waals surface area contributed by atoms with Gasteiger partial charge in [-0.1, -0.05) is 18.2 Å². The van der Waals surface area contributed by atoms with Crippen molar-refractivity contribution in [3.8, 4) is 0 Å². The van der Waals surface area contributed by atoms with Gasteiger partial charge in [-0.3, -0.25) is 9.69 Å². The van der Waals surface area contributed by atoms with E-state index in [4.69, 9.17) is 4.74 Å². The Hall–Kier alpha value is -2.04.